The van der Waals surface area contributed by atoms with E-state index in [-0.39, 0.29) is 17.3 Å². The number of pyridine rings is 2. The number of hydrogen-bond acceptors (Lipinski definition) is 6. The highest BCUT2D eigenvalue weighted by molar-refractivity contribution is 6.11. The summed E-state index contributed by atoms with van der Waals surface area (Å²) in [4.78, 5) is 23.2. The molecule has 0 fully saturated rings. The van der Waals surface area contributed by atoms with E-state index in [0.29, 0.717) is 11.1 Å². The van der Waals surface area contributed by atoms with Crippen LogP contribution in [0.2, 0.25) is 0 Å². The molecule has 0 saturated heterocycles. The Morgan fingerprint density at radius 2 is 2.00 bits per heavy atom. The van der Waals surface area contributed by atoms with E-state index in [4.69, 9.17) is 5.26 Å². The van der Waals surface area contributed by atoms with Crippen LogP contribution in [-0.4, -0.2) is 45.1 Å². The molecule has 2 N–H and O–H groups in total. The molecule has 0 aliphatic rings. The Morgan fingerprint density at radius 3 is 2.73 bits per heavy atom. The number of hydrogen-bond donors (Lipinski definition) is 2. The molecule has 0 radical (unpaired) electrons. The second kappa shape index (κ2) is 8.11. The van der Waals surface area contributed by atoms with Gasteiger partial charge >= 0.3 is 0 Å². The second-order valence-corrected chi connectivity index (χ2v) is 7.15. The van der Waals surface area contributed by atoms with Crippen molar-refractivity contribution in [3.05, 3.63) is 71.9 Å². The van der Waals surface area contributed by atoms with Gasteiger partial charge in [-0.3, -0.25) is 14.9 Å². The topological polar surface area (TPSA) is 111 Å². The molecule has 8 heteroatoms. The van der Waals surface area contributed by atoms with Crippen molar-refractivity contribution in [1.29, 1.82) is 5.26 Å². The zero-order valence-corrected chi connectivity index (χ0v) is 16.5. The molecule has 0 atom stereocenters. The van der Waals surface area contributed by atoms with Crippen molar-refractivity contribution in [2.24, 2.45) is 0 Å². The minimum Gasteiger partial charge on any atom is -0.319 e. The van der Waals surface area contributed by atoms with Gasteiger partial charge in [-0.2, -0.15) is 10.4 Å². The smallest absolute Gasteiger partial charge is 0.276 e. The monoisotopic (exact) mass is 397 g/mol. The minimum atomic E-state index is -0.357. The number of aromatic amines is 1. The van der Waals surface area contributed by atoms with E-state index in [2.05, 4.69) is 36.4 Å². The fraction of sp³-hybridized carbons (Fsp3) is 0.136. The Bertz CT molecular complexity index is 1250. The fourth-order valence-corrected chi connectivity index (χ4v) is 3.19. The number of amides is 1. The highest BCUT2D eigenvalue weighted by Gasteiger charge is 2.16. The molecule has 0 saturated carbocycles. The van der Waals surface area contributed by atoms with Crippen molar-refractivity contribution in [3.63, 3.8) is 0 Å². The minimum absolute atomic E-state index is 0.285. The number of carbonyl (C=O) groups excluding carboxylic acids is 1. The second-order valence-electron chi connectivity index (χ2n) is 7.15. The van der Waals surface area contributed by atoms with Gasteiger partial charge in [-0.05, 0) is 55.6 Å². The summed E-state index contributed by atoms with van der Waals surface area (Å²) in [6.07, 6.45) is 5.10. The van der Waals surface area contributed by atoms with Crippen LogP contribution in [0, 0.1) is 11.3 Å². The predicted molar refractivity (Wildman–Crippen MR) is 114 cm³/mol. The molecule has 148 valence electrons. The number of nitriles is 1. The van der Waals surface area contributed by atoms with Crippen molar-refractivity contribution >= 4 is 22.5 Å². The average Bonchev–Trinajstić information content (AvgIpc) is 3.17. The molecule has 4 aromatic rings. The molecule has 1 aromatic carbocycles. The number of H-pyrrole nitrogens is 1. The van der Waals surface area contributed by atoms with Crippen LogP contribution in [0.1, 0.15) is 21.7 Å². The SMILES string of the molecule is CN(C)Cc1cncc(-c2ccc3[nH]nc(C(=O)Nc4ccc(C#N)nc4)c3c2)c1. The molecule has 0 aliphatic carbocycles. The molecule has 0 bridgehead atoms. The maximum Gasteiger partial charge on any atom is 0.276 e. The number of nitrogens with one attached hydrogen (secondary N) is 2. The first kappa shape index (κ1) is 19.2. The quantitative estimate of drug-likeness (QED) is 0.535. The summed E-state index contributed by atoms with van der Waals surface area (Å²) in [5.74, 6) is -0.357. The molecule has 0 aliphatic heterocycles. The molecule has 30 heavy (non-hydrogen) atoms. The van der Waals surface area contributed by atoms with Crippen molar-refractivity contribution in [2.75, 3.05) is 19.4 Å². The van der Waals surface area contributed by atoms with E-state index >= 15 is 0 Å². The zero-order chi connectivity index (χ0) is 21.1. The van der Waals surface area contributed by atoms with Gasteiger partial charge in [0.05, 0.1) is 17.4 Å². The Balaban J connectivity index is 1.64. The van der Waals surface area contributed by atoms with Crippen LogP contribution < -0.4 is 5.32 Å². The number of rotatable bonds is 5. The fourth-order valence-electron chi connectivity index (χ4n) is 3.19. The average molecular weight is 397 g/mol. The third kappa shape index (κ3) is 4.01. The van der Waals surface area contributed by atoms with E-state index in [0.717, 1.165) is 28.8 Å². The summed E-state index contributed by atoms with van der Waals surface area (Å²) >= 11 is 0. The standard InChI is InChI=1S/C22H19N7O/c1-29(2)13-14-7-16(11-24-10-14)15-3-6-20-19(8-15)21(28-27-20)22(30)26-18-5-4-17(9-23)25-12-18/h3-8,10-12H,13H2,1-2H3,(H,26,30)(H,27,28). The highest BCUT2D eigenvalue weighted by atomic mass is 16.1. The molecule has 1 amide bonds. The third-order valence-electron chi connectivity index (χ3n) is 4.54. The number of nitrogens with zero attached hydrogens (tertiary/aromatic N) is 5. The number of benzene rings is 1. The van der Waals surface area contributed by atoms with Gasteiger partial charge in [0.1, 0.15) is 11.8 Å². The molecule has 3 aromatic heterocycles. The maximum atomic E-state index is 12.8. The van der Waals surface area contributed by atoms with Gasteiger partial charge in [0, 0.05) is 29.9 Å². The maximum absolute atomic E-state index is 12.8. The summed E-state index contributed by atoms with van der Waals surface area (Å²) < 4.78 is 0. The van der Waals surface area contributed by atoms with Crippen molar-refractivity contribution in [3.8, 4) is 17.2 Å². The first-order chi connectivity index (χ1) is 14.5. The summed E-state index contributed by atoms with van der Waals surface area (Å²) in [6.45, 7) is 0.793. The zero-order valence-electron chi connectivity index (χ0n) is 16.5. The number of anilines is 1. The Labute approximate surface area is 173 Å². The number of fused-ring (bicyclic) bond motifs is 1. The highest BCUT2D eigenvalue weighted by Crippen LogP contribution is 2.26. The van der Waals surface area contributed by atoms with Crippen LogP contribution in [0.15, 0.2) is 55.0 Å². The Kier molecular flexibility index (Phi) is 5.20. The largest absolute Gasteiger partial charge is 0.319 e. The van der Waals surface area contributed by atoms with Gasteiger partial charge in [0.15, 0.2) is 5.69 Å². The van der Waals surface area contributed by atoms with E-state index in [9.17, 15) is 4.79 Å². The summed E-state index contributed by atoms with van der Waals surface area (Å²) in [5.41, 5.74) is 4.86. The molecule has 0 spiro atoms. The van der Waals surface area contributed by atoms with E-state index in [1.54, 1.807) is 12.1 Å². The summed E-state index contributed by atoms with van der Waals surface area (Å²) in [6, 6.07) is 13.0. The van der Waals surface area contributed by atoms with E-state index in [1.165, 1.54) is 6.20 Å². The molecule has 8 nitrogen and oxygen atoms in total. The Hall–Kier alpha value is -4.09. The van der Waals surface area contributed by atoms with Crippen LogP contribution in [0.3, 0.4) is 0 Å². The van der Waals surface area contributed by atoms with Crippen LogP contribution in [0.4, 0.5) is 5.69 Å². The van der Waals surface area contributed by atoms with E-state index < -0.39 is 0 Å². The predicted octanol–water partition coefficient (Wildman–Crippen LogP) is 3.21. The summed E-state index contributed by atoms with van der Waals surface area (Å²) in [5, 5.41) is 19.4. The van der Waals surface area contributed by atoms with Gasteiger partial charge < -0.3 is 10.2 Å². The van der Waals surface area contributed by atoms with Gasteiger partial charge in [-0.25, -0.2) is 4.98 Å². The van der Waals surface area contributed by atoms with Crippen molar-refractivity contribution in [1.82, 2.24) is 25.1 Å². The van der Waals surface area contributed by atoms with Crippen LogP contribution in [-0.2, 0) is 6.54 Å². The lowest BCUT2D eigenvalue weighted by Crippen LogP contribution is -2.13. The van der Waals surface area contributed by atoms with Crippen molar-refractivity contribution in [2.45, 2.75) is 6.54 Å². The Morgan fingerprint density at radius 1 is 1.13 bits per heavy atom. The van der Waals surface area contributed by atoms with Gasteiger partial charge in [-0.1, -0.05) is 6.07 Å². The molecule has 4 rings (SSSR count). The summed E-state index contributed by atoms with van der Waals surface area (Å²) in [7, 11) is 4.02. The number of carbonyl (C=O) groups is 1. The first-order valence-electron chi connectivity index (χ1n) is 9.28. The third-order valence-corrected chi connectivity index (χ3v) is 4.54. The lowest BCUT2D eigenvalue weighted by molar-refractivity contribution is 0.102. The van der Waals surface area contributed by atoms with Gasteiger partial charge in [0.2, 0.25) is 0 Å². The van der Waals surface area contributed by atoms with Crippen LogP contribution in [0.25, 0.3) is 22.0 Å². The molecular formula is C22H19N7O. The first-order valence-corrected chi connectivity index (χ1v) is 9.28. The van der Waals surface area contributed by atoms with Crippen LogP contribution >= 0.6 is 0 Å². The lowest BCUT2D eigenvalue weighted by atomic mass is 10.0. The number of aromatic nitrogens is 4. The normalized spacial score (nSPS) is 10.9. The molecule has 0 unspecified atom stereocenters. The van der Waals surface area contributed by atoms with Gasteiger partial charge in [-0.15, -0.1) is 0 Å². The van der Waals surface area contributed by atoms with Crippen LogP contribution in [0.5, 0.6) is 0 Å². The molecular weight excluding hydrogens is 378 g/mol. The van der Waals surface area contributed by atoms with Gasteiger partial charge in [0.25, 0.3) is 5.91 Å². The van der Waals surface area contributed by atoms with Crippen molar-refractivity contribution < 1.29 is 4.79 Å². The molecule has 3 heterocycles. The van der Waals surface area contributed by atoms with E-state index in [1.807, 2.05) is 50.8 Å². The lowest BCUT2D eigenvalue weighted by Gasteiger charge is -2.10.